The highest BCUT2D eigenvalue weighted by atomic mass is 127. The van der Waals surface area contributed by atoms with E-state index in [-0.39, 0.29) is 18.0 Å². The molecule has 0 aromatic carbocycles. The van der Waals surface area contributed by atoms with E-state index in [2.05, 4.69) is 36.4 Å². The first kappa shape index (κ1) is 18.2. The average molecular weight is 396 g/mol. The standard InChI is InChI=1S/C16H29IO3/c1-4-7-8-12(5-2)11-20-15-10-13(9-14(15)17)16(18)19-6-3/h12-15H,4-11H2,1-3H3. The molecule has 0 aliphatic heterocycles. The first-order valence-electron chi connectivity index (χ1n) is 8.04. The molecule has 0 bridgehead atoms. The quantitative estimate of drug-likeness (QED) is 0.330. The van der Waals surface area contributed by atoms with Crippen molar-refractivity contribution >= 4 is 28.6 Å². The highest BCUT2D eigenvalue weighted by molar-refractivity contribution is 14.1. The van der Waals surface area contributed by atoms with Gasteiger partial charge in [-0.1, -0.05) is 55.7 Å². The summed E-state index contributed by atoms with van der Waals surface area (Å²) in [6.07, 6.45) is 6.92. The van der Waals surface area contributed by atoms with Crippen LogP contribution in [0.2, 0.25) is 0 Å². The molecule has 0 amide bonds. The predicted molar refractivity (Wildman–Crippen MR) is 90.2 cm³/mol. The lowest BCUT2D eigenvalue weighted by Gasteiger charge is -2.20. The van der Waals surface area contributed by atoms with E-state index in [9.17, 15) is 4.79 Å². The van der Waals surface area contributed by atoms with E-state index in [0.29, 0.717) is 16.4 Å². The molecule has 118 valence electrons. The first-order chi connectivity index (χ1) is 9.62. The van der Waals surface area contributed by atoms with Crippen LogP contribution in [0.25, 0.3) is 0 Å². The van der Waals surface area contributed by atoms with Gasteiger partial charge in [-0.25, -0.2) is 0 Å². The number of rotatable bonds is 9. The van der Waals surface area contributed by atoms with E-state index in [1.54, 1.807) is 0 Å². The van der Waals surface area contributed by atoms with Crippen molar-refractivity contribution < 1.29 is 14.3 Å². The van der Waals surface area contributed by atoms with Crippen molar-refractivity contribution in [1.29, 1.82) is 0 Å². The average Bonchev–Trinajstić information content (AvgIpc) is 2.81. The number of hydrogen-bond acceptors (Lipinski definition) is 3. The molecule has 1 fully saturated rings. The van der Waals surface area contributed by atoms with Crippen molar-refractivity contribution in [2.24, 2.45) is 11.8 Å². The van der Waals surface area contributed by atoms with E-state index in [1.807, 2.05) is 6.92 Å². The molecular formula is C16H29IO3. The predicted octanol–water partition coefficient (Wildman–Crippen LogP) is 4.36. The van der Waals surface area contributed by atoms with Gasteiger partial charge in [-0.2, -0.15) is 0 Å². The molecule has 1 aliphatic carbocycles. The second kappa shape index (κ2) is 9.98. The Morgan fingerprint density at radius 2 is 2.05 bits per heavy atom. The van der Waals surface area contributed by atoms with Gasteiger partial charge in [-0.05, 0) is 32.1 Å². The monoisotopic (exact) mass is 396 g/mol. The second-order valence-corrected chi connectivity index (χ2v) is 7.32. The summed E-state index contributed by atoms with van der Waals surface area (Å²) in [7, 11) is 0. The zero-order valence-electron chi connectivity index (χ0n) is 13.1. The molecule has 0 N–H and O–H groups in total. The number of ether oxygens (including phenoxy) is 2. The third-order valence-corrected chi connectivity index (χ3v) is 5.45. The summed E-state index contributed by atoms with van der Waals surface area (Å²) >= 11 is 2.43. The van der Waals surface area contributed by atoms with Gasteiger partial charge in [0.15, 0.2) is 0 Å². The molecule has 4 atom stereocenters. The van der Waals surface area contributed by atoms with Crippen molar-refractivity contribution in [3.05, 3.63) is 0 Å². The summed E-state index contributed by atoms with van der Waals surface area (Å²) in [4.78, 5) is 11.8. The van der Waals surface area contributed by atoms with Crippen LogP contribution in [0.15, 0.2) is 0 Å². The Kier molecular flexibility index (Phi) is 9.09. The molecule has 1 saturated carbocycles. The van der Waals surface area contributed by atoms with Crippen LogP contribution in [0.5, 0.6) is 0 Å². The van der Waals surface area contributed by atoms with Crippen LogP contribution in [0.1, 0.15) is 59.3 Å². The van der Waals surface area contributed by atoms with Gasteiger partial charge in [-0.3, -0.25) is 4.79 Å². The molecule has 0 spiro atoms. The van der Waals surface area contributed by atoms with Gasteiger partial charge in [0.25, 0.3) is 0 Å². The van der Waals surface area contributed by atoms with E-state index >= 15 is 0 Å². The van der Waals surface area contributed by atoms with Gasteiger partial charge in [0.1, 0.15) is 0 Å². The second-order valence-electron chi connectivity index (χ2n) is 5.72. The van der Waals surface area contributed by atoms with Crippen LogP contribution in [-0.4, -0.2) is 29.2 Å². The molecule has 0 heterocycles. The van der Waals surface area contributed by atoms with Gasteiger partial charge >= 0.3 is 5.97 Å². The minimum atomic E-state index is -0.0432. The summed E-state index contributed by atoms with van der Waals surface area (Å²) in [6, 6.07) is 0. The van der Waals surface area contributed by atoms with Crippen LogP contribution in [0.4, 0.5) is 0 Å². The maximum Gasteiger partial charge on any atom is 0.309 e. The first-order valence-corrected chi connectivity index (χ1v) is 9.29. The van der Waals surface area contributed by atoms with Crippen molar-refractivity contribution in [2.75, 3.05) is 13.2 Å². The van der Waals surface area contributed by atoms with Gasteiger partial charge in [0.05, 0.1) is 18.6 Å². The van der Waals surface area contributed by atoms with E-state index < -0.39 is 0 Å². The zero-order chi connectivity index (χ0) is 15.0. The number of hydrogen-bond donors (Lipinski definition) is 0. The van der Waals surface area contributed by atoms with Crippen LogP contribution in [0.3, 0.4) is 0 Å². The summed E-state index contributed by atoms with van der Waals surface area (Å²) in [5.74, 6) is 0.663. The Morgan fingerprint density at radius 1 is 1.30 bits per heavy atom. The lowest BCUT2D eigenvalue weighted by Crippen LogP contribution is -2.22. The highest BCUT2D eigenvalue weighted by Crippen LogP contribution is 2.35. The fraction of sp³-hybridized carbons (Fsp3) is 0.938. The zero-order valence-corrected chi connectivity index (χ0v) is 15.2. The number of carbonyl (C=O) groups excluding carboxylic acids is 1. The molecule has 0 saturated heterocycles. The largest absolute Gasteiger partial charge is 0.466 e. The summed E-state index contributed by atoms with van der Waals surface area (Å²) in [6.45, 7) is 7.65. The topological polar surface area (TPSA) is 35.5 Å². The van der Waals surface area contributed by atoms with E-state index in [0.717, 1.165) is 19.4 Å². The third-order valence-electron chi connectivity index (χ3n) is 4.14. The molecule has 1 rings (SSSR count). The Balaban J connectivity index is 2.34. The smallest absolute Gasteiger partial charge is 0.309 e. The van der Waals surface area contributed by atoms with Gasteiger partial charge in [0.2, 0.25) is 0 Å². The highest BCUT2D eigenvalue weighted by Gasteiger charge is 2.38. The van der Waals surface area contributed by atoms with Gasteiger partial charge in [-0.15, -0.1) is 0 Å². The number of carbonyl (C=O) groups is 1. The Bertz CT molecular complexity index is 283. The lowest BCUT2D eigenvalue weighted by atomic mass is 10.0. The normalized spacial score (nSPS) is 27.5. The SMILES string of the molecule is CCCCC(CC)COC1CC(C(=O)OCC)CC1I. The Morgan fingerprint density at radius 3 is 2.65 bits per heavy atom. The molecule has 1 aliphatic rings. The fourth-order valence-corrected chi connectivity index (χ4v) is 3.85. The van der Waals surface area contributed by atoms with E-state index in [1.165, 1.54) is 25.7 Å². The number of esters is 1. The van der Waals surface area contributed by atoms with Crippen molar-refractivity contribution in [3.63, 3.8) is 0 Å². The van der Waals surface area contributed by atoms with Crippen LogP contribution in [-0.2, 0) is 14.3 Å². The fourth-order valence-electron chi connectivity index (χ4n) is 2.73. The summed E-state index contributed by atoms with van der Waals surface area (Å²) in [5.41, 5.74) is 0. The minimum absolute atomic E-state index is 0.0394. The minimum Gasteiger partial charge on any atom is -0.466 e. The maximum absolute atomic E-state index is 11.8. The molecule has 0 radical (unpaired) electrons. The number of alkyl halides is 1. The van der Waals surface area contributed by atoms with Crippen LogP contribution in [0, 0.1) is 11.8 Å². The van der Waals surface area contributed by atoms with E-state index in [4.69, 9.17) is 9.47 Å². The molecule has 0 aromatic rings. The Labute approximate surface area is 137 Å². The van der Waals surface area contributed by atoms with Crippen LogP contribution >= 0.6 is 22.6 Å². The van der Waals surface area contributed by atoms with Crippen molar-refractivity contribution in [3.8, 4) is 0 Å². The molecule has 0 aromatic heterocycles. The van der Waals surface area contributed by atoms with Gasteiger partial charge < -0.3 is 9.47 Å². The summed E-state index contributed by atoms with van der Waals surface area (Å²) < 4.78 is 11.7. The Hall–Kier alpha value is 0.160. The lowest BCUT2D eigenvalue weighted by molar-refractivity contribution is -0.148. The van der Waals surface area contributed by atoms with Crippen molar-refractivity contribution in [2.45, 2.75) is 69.3 Å². The van der Waals surface area contributed by atoms with Gasteiger partial charge in [0, 0.05) is 10.5 Å². The maximum atomic E-state index is 11.8. The number of unbranched alkanes of at least 4 members (excludes halogenated alkanes) is 1. The van der Waals surface area contributed by atoms with Crippen molar-refractivity contribution in [1.82, 2.24) is 0 Å². The molecular weight excluding hydrogens is 367 g/mol. The summed E-state index contributed by atoms with van der Waals surface area (Å²) in [5, 5.41) is 0. The molecule has 20 heavy (non-hydrogen) atoms. The van der Waals surface area contributed by atoms with Crippen LogP contribution < -0.4 is 0 Å². The third kappa shape index (κ3) is 5.88. The molecule has 4 heteroatoms. The molecule has 3 nitrogen and oxygen atoms in total. The molecule has 4 unspecified atom stereocenters. The number of halogens is 1.